The maximum atomic E-state index is 12.9. The normalized spacial score (nSPS) is 15.0. The van der Waals surface area contributed by atoms with Crippen LogP contribution in [-0.2, 0) is 30.3 Å². The number of carbonyl (C=O) groups excluding carboxylic acids is 3. The fourth-order valence-electron chi connectivity index (χ4n) is 3.10. The third kappa shape index (κ3) is 9.60. The molecule has 3 N–H and O–H groups in total. The molecule has 0 saturated heterocycles. The van der Waals surface area contributed by atoms with Crippen LogP contribution in [0.15, 0.2) is 12.5 Å². The van der Waals surface area contributed by atoms with Crippen LogP contribution in [0.1, 0.15) is 46.2 Å². The predicted molar refractivity (Wildman–Crippen MR) is 125 cm³/mol. The Morgan fingerprint density at radius 2 is 1.94 bits per heavy atom. The number of H-pyrrole nitrogens is 1. The van der Waals surface area contributed by atoms with Crippen LogP contribution in [0, 0.1) is 11.8 Å². The lowest BCUT2D eigenvalue weighted by atomic mass is 9.99. The Kier molecular flexibility index (Phi) is 13.0. The number of ether oxygens (including phenoxy) is 2. The van der Waals surface area contributed by atoms with Crippen LogP contribution >= 0.6 is 11.8 Å². The fourth-order valence-corrected chi connectivity index (χ4v) is 3.58. The van der Waals surface area contributed by atoms with Crippen LogP contribution in [0.2, 0.25) is 0 Å². The van der Waals surface area contributed by atoms with Crippen molar-refractivity contribution in [2.24, 2.45) is 11.8 Å². The average Bonchev–Trinajstić information content (AvgIpc) is 3.27. The molecule has 0 aliphatic rings. The summed E-state index contributed by atoms with van der Waals surface area (Å²) in [4.78, 5) is 44.3. The van der Waals surface area contributed by atoms with Gasteiger partial charge in [-0.3, -0.25) is 9.59 Å². The van der Waals surface area contributed by atoms with Crippen molar-refractivity contribution in [3.8, 4) is 0 Å². The van der Waals surface area contributed by atoms with Crippen LogP contribution in [0.5, 0.6) is 0 Å². The second-order valence-electron chi connectivity index (χ2n) is 8.18. The second-order valence-corrected chi connectivity index (χ2v) is 9.16. The number of amides is 2. The molecule has 0 spiro atoms. The lowest BCUT2D eigenvalue weighted by Crippen LogP contribution is -2.50. The summed E-state index contributed by atoms with van der Waals surface area (Å²) in [6.45, 7) is 8.03. The Balaban J connectivity index is 2.78. The highest BCUT2D eigenvalue weighted by atomic mass is 32.2. The minimum absolute atomic E-state index is 0.118. The first-order chi connectivity index (χ1) is 15.2. The molecule has 0 saturated carbocycles. The van der Waals surface area contributed by atoms with Gasteiger partial charge < -0.3 is 25.1 Å². The quantitative estimate of drug-likeness (QED) is 0.335. The summed E-state index contributed by atoms with van der Waals surface area (Å²) in [5.74, 6) is -0.225. The molecule has 2 amide bonds. The third-order valence-corrected chi connectivity index (χ3v) is 5.96. The summed E-state index contributed by atoms with van der Waals surface area (Å²) in [5.41, 5.74) is 0.727. The number of hydrogen-bond donors (Lipinski definition) is 3. The summed E-state index contributed by atoms with van der Waals surface area (Å²) >= 11 is 1.59. The topological polar surface area (TPSA) is 122 Å². The van der Waals surface area contributed by atoms with E-state index in [1.54, 1.807) is 18.0 Å². The number of thioether (sulfide) groups is 1. The number of esters is 1. The molecule has 0 bridgehead atoms. The minimum atomic E-state index is -0.757. The van der Waals surface area contributed by atoms with Gasteiger partial charge in [0.25, 0.3) is 0 Å². The number of rotatable bonds is 15. The number of carbonyl (C=O) groups is 3. The van der Waals surface area contributed by atoms with Gasteiger partial charge in [-0.15, -0.1) is 0 Å². The standard InChI is InChI=1S/C22H38N4O5S/c1-7-15(4)18(25-19(27)10-16-11-23-13-24-16)12-31-20(14(2)3)21(28)26-17(8-9-32-6)22(29)30-5/h11,13-15,17-18,20H,7-10,12H2,1-6H3,(H,23,24)(H,25,27)(H,26,28)/t15-,17-,18+,20?/m0/s1. The van der Waals surface area contributed by atoms with Gasteiger partial charge in [-0.05, 0) is 30.3 Å². The van der Waals surface area contributed by atoms with Crippen LogP contribution in [0.4, 0.5) is 0 Å². The van der Waals surface area contributed by atoms with Crippen LogP contribution in [0.25, 0.3) is 0 Å². The number of aromatic nitrogens is 2. The van der Waals surface area contributed by atoms with Crippen molar-refractivity contribution < 1.29 is 23.9 Å². The first-order valence-electron chi connectivity index (χ1n) is 11.0. The fraction of sp³-hybridized carbons (Fsp3) is 0.727. The number of methoxy groups -OCH3 is 1. The van der Waals surface area contributed by atoms with Gasteiger partial charge in [-0.25, -0.2) is 9.78 Å². The van der Waals surface area contributed by atoms with E-state index in [-0.39, 0.29) is 42.7 Å². The van der Waals surface area contributed by atoms with E-state index in [2.05, 4.69) is 20.6 Å². The molecule has 1 unspecified atom stereocenters. The maximum absolute atomic E-state index is 12.9. The van der Waals surface area contributed by atoms with E-state index in [4.69, 9.17) is 9.47 Å². The van der Waals surface area contributed by atoms with Gasteiger partial charge in [-0.2, -0.15) is 11.8 Å². The SMILES string of the molecule is CC[C@H](C)[C@@H](COC(C(=O)N[C@@H](CCSC)C(=O)OC)C(C)C)NC(=O)Cc1cnc[nH]1. The van der Waals surface area contributed by atoms with Gasteiger partial charge in [0, 0.05) is 11.9 Å². The first kappa shape index (κ1) is 28.0. The summed E-state index contributed by atoms with van der Waals surface area (Å²) in [6, 6.07) is -0.971. The molecule has 10 heteroatoms. The number of hydrogen-bond acceptors (Lipinski definition) is 7. The predicted octanol–water partition coefficient (Wildman–Crippen LogP) is 1.94. The summed E-state index contributed by atoms with van der Waals surface area (Å²) < 4.78 is 10.8. The molecule has 1 aromatic rings. The largest absolute Gasteiger partial charge is 0.467 e. The highest BCUT2D eigenvalue weighted by Gasteiger charge is 2.30. The van der Waals surface area contributed by atoms with Crippen molar-refractivity contribution >= 4 is 29.5 Å². The van der Waals surface area contributed by atoms with Gasteiger partial charge in [0.1, 0.15) is 12.1 Å². The van der Waals surface area contributed by atoms with Gasteiger partial charge in [0.05, 0.1) is 32.5 Å². The molecule has 1 aromatic heterocycles. The maximum Gasteiger partial charge on any atom is 0.328 e. The van der Waals surface area contributed by atoms with Crippen LogP contribution < -0.4 is 10.6 Å². The minimum Gasteiger partial charge on any atom is -0.467 e. The number of nitrogens with one attached hydrogen (secondary N) is 3. The molecule has 4 atom stereocenters. The van der Waals surface area contributed by atoms with Crippen molar-refractivity contribution in [2.75, 3.05) is 25.7 Å². The zero-order chi connectivity index (χ0) is 24.1. The highest BCUT2D eigenvalue weighted by Crippen LogP contribution is 2.14. The molecule has 0 aromatic carbocycles. The van der Waals surface area contributed by atoms with E-state index in [9.17, 15) is 14.4 Å². The zero-order valence-corrected chi connectivity index (χ0v) is 20.8. The Bertz CT molecular complexity index is 699. The molecule has 9 nitrogen and oxygen atoms in total. The molecule has 32 heavy (non-hydrogen) atoms. The Labute approximate surface area is 195 Å². The summed E-state index contributed by atoms with van der Waals surface area (Å²) in [6.07, 6.45) is 5.84. The smallest absolute Gasteiger partial charge is 0.328 e. The second kappa shape index (κ2) is 14.9. The van der Waals surface area contributed by atoms with Crippen molar-refractivity contribution in [3.63, 3.8) is 0 Å². The molecule has 0 radical (unpaired) electrons. The van der Waals surface area contributed by atoms with Crippen molar-refractivity contribution in [2.45, 2.75) is 65.1 Å². The Morgan fingerprint density at radius 1 is 1.22 bits per heavy atom. The van der Waals surface area contributed by atoms with Gasteiger partial charge in [0.15, 0.2) is 0 Å². The Hall–Kier alpha value is -2.07. The van der Waals surface area contributed by atoms with E-state index < -0.39 is 18.1 Å². The molecule has 0 aliphatic carbocycles. The van der Waals surface area contributed by atoms with Crippen molar-refractivity contribution in [1.82, 2.24) is 20.6 Å². The number of nitrogens with zero attached hydrogens (tertiary/aromatic N) is 1. The summed E-state index contributed by atoms with van der Waals surface area (Å²) in [5, 5.41) is 5.79. The van der Waals surface area contributed by atoms with Gasteiger partial charge in [-0.1, -0.05) is 34.1 Å². The van der Waals surface area contributed by atoms with Crippen LogP contribution in [-0.4, -0.2) is 71.7 Å². The van der Waals surface area contributed by atoms with E-state index in [1.807, 2.05) is 34.0 Å². The molecular formula is C22H38N4O5S. The van der Waals surface area contributed by atoms with Gasteiger partial charge in [0.2, 0.25) is 11.8 Å². The van der Waals surface area contributed by atoms with Crippen molar-refractivity contribution in [3.05, 3.63) is 18.2 Å². The molecule has 1 rings (SSSR count). The third-order valence-electron chi connectivity index (χ3n) is 5.32. The van der Waals surface area contributed by atoms with E-state index in [0.717, 1.165) is 12.1 Å². The van der Waals surface area contributed by atoms with E-state index >= 15 is 0 Å². The molecule has 0 aliphatic heterocycles. The summed E-state index contributed by atoms with van der Waals surface area (Å²) in [7, 11) is 1.31. The number of aromatic amines is 1. The average molecular weight is 471 g/mol. The van der Waals surface area contributed by atoms with E-state index in [0.29, 0.717) is 12.2 Å². The van der Waals surface area contributed by atoms with Gasteiger partial charge >= 0.3 is 5.97 Å². The monoisotopic (exact) mass is 470 g/mol. The molecule has 0 fully saturated rings. The zero-order valence-electron chi connectivity index (χ0n) is 20.0. The molecule has 1 heterocycles. The first-order valence-corrected chi connectivity index (χ1v) is 12.4. The van der Waals surface area contributed by atoms with E-state index in [1.165, 1.54) is 13.4 Å². The highest BCUT2D eigenvalue weighted by molar-refractivity contribution is 7.98. The van der Waals surface area contributed by atoms with Crippen molar-refractivity contribution in [1.29, 1.82) is 0 Å². The Morgan fingerprint density at radius 3 is 2.47 bits per heavy atom. The molecule has 182 valence electrons. The lowest BCUT2D eigenvalue weighted by Gasteiger charge is -2.29. The lowest BCUT2D eigenvalue weighted by molar-refractivity contribution is -0.148. The number of imidazole rings is 1. The molecular weight excluding hydrogens is 432 g/mol. The van der Waals surface area contributed by atoms with Crippen LogP contribution in [0.3, 0.4) is 0 Å².